The van der Waals surface area contributed by atoms with Gasteiger partial charge in [-0.1, -0.05) is 0 Å². The third-order valence-electron chi connectivity index (χ3n) is 5.26. The topological polar surface area (TPSA) is 77.1 Å². The van der Waals surface area contributed by atoms with Gasteiger partial charge in [0.2, 0.25) is 0 Å². The highest BCUT2D eigenvalue weighted by Crippen LogP contribution is 2.27. The second-order valence-corrected chi connectivity index (χ2v) is 8.82. The van der Waals surface area contributed by atoms with E-state index in [1.807, 2.05) is 11.0 Å². The van der Waals surface area contributed by atoms with E-state index in [4.69, 9.17) is 14.2 Å². The van der Waals surface area contributed by atoms with Gasteiger partial charge in [-0.05, 0) is 63.8 Å². The average Bonchev–Trinajstić information content (AvgIpc) is 2.73. The van der Waals surface area contributed by atoms with Crippen LogP contribution in [0, 0.1) is 0 Å². The van der Waals surface area contributed by atoms with Crippen LogP contribution in [0.3, 0.4) is 0 Å². The van der Waals surface area contributed by atoms with Gasteiger partial charge in [0.25, 0.3) is 5.91 Å². The van der Waals surface area contributed by atoms with Crippen LogP contribution in [-0.2, 0) is 15.9 Å². The highest BCUT2D eigenvalue weighted by atomic mass is 19.1. The van der Waals surface area contributed by atoms with E-state index in [-0.39, 0.29) is 30.7 Å². The quantitative estimate of drug-likeness (QED) is 0.740. The Hall–Kier alpha value is -2.61. The van der Waals surface area contributed by atoms with E-state index >= 15 is 0 Å². The summed E-state index contributed by atoms with van der Waals surface area (Å²) < 4.78 is 29.4. The van der Waals surface area contributed by atoms with Crippen LogP contribution in [-0.4, -0.2) is 61.5 Å². The number of hydrogen-bond acceptors (Lipinski definition) is 5. The smallest absolute Gasteiger partial charge is 0.407 e. The second-order valence-electron chi connectivity index (χ2n) is 8.82. The summed E-state index contributed by atoms with van der Waals surface area (Å²) in [4.78, 5) is 26.6. The van der Waals surface area contributed by atoms with Crippen molar-refractivity contribution in [2.75, 3.05) is 32.9 Å². The number of carbonyl (C=O) groups excluding carboxylic acids is 2. The fourth-order valence-electron chi connectivity index (χ4n) is 3.71. The maximum absolute atomic E-state index is 13.2. The van der Waals surface area contributed by atoms with E-state index in [1.165, 1.54) is 0 Å². The number of nitrogens with one attached hydrogen (secondary N) is 1. The number of amides is 2. The number of alkyl carbamates (subject to hydrolysis) is 1. The van der Waals surface area contributed by atoms with Crippen molar-refractivity contribution in [3.63, 3.8) is 0 Å². The molecule has 0 saturated carbocycles. The Balaban J connectivity index is 1.54. The Morgan fingerprint density at radius 2 is 2.06 bits per heavy atom. The molecule has 2 heterocycles. The van der Waals surface area contributed by atoms with Gasteiger partial charge in [0.15, 0.2) is 0 Å². The van der Waals surface area contributed by atoms with Gasteiger partial charge in [-0.25, -0.2) is 9.18 Å². The van der Waals surface area contributed by atoms with Gasteiger partial charge in [0.1, 0.15) is 18.0 Å². The lowest BCUT2D eigenvalue weighted by Gasteiger charge is -2.37. The summed E-state index contributed by atoms with van der Waals surface area (Å²) in [7, 11) is 0. The molecular weight excluding hydrogens is 403 g/mol. The normalized spacial score (nSPS) is 17.9. The number of hydrogen-bond donors (Lipinski definition) is 1. The van der Waals surface area contributed by atoms with Crippen molar-refractivity contribution in [1.82, 2.24) is 10.2 Å². The van der Waals surface area contributed by atoms with Crippen molar-refractivity contribution in [2.24, 2.45) is 0 Å². The van der Waals surface area contributed by atoms with Crippen LogP contribution in [0.1, 0.15) is 49.5 Å². The van der Waals surface area contributed by atoms with Crippen LogP contribution < -0.4 is 10.1 Å². The first-order chi connectivity index (χ1) is 14.8. The number of ether oxygens (including phenoxy) is 3. The van der Waals surface area contributed by atoms with E-state index in [0.717, 1.165) is 24.8 Å². The van der Waals surface area contributed by atoms with Gasteiger partial charge >= 0.3 is 6.09 Å². The number of rotatable bonds is 6. The minimum absolute atomic E-state index is 0.0189. The van der Waals surface area contributed by atoms with Gasteiger partial charge in [0.05, 0.1) is 6.33 Å². The van der Waals surface area contributed by atoms with Crippen LogP contribution in [0.15, 0.2) is 30.1 Å². The Bertz CT molecular complexity index is 828. The van der Waals surface area contributed by atoms with E-state index < -0.39 is 11.7 Å². The van der Waals surface area contributed by atoms with Crippen LogP contribution in [0.5, 0.6) is 5.75 Å². The zero-order valence-corrected chi connectivity index (χ0v) is 18.4. The molecule has 1 aromatic carbocycles. The first-order valence-electron chi connectivity index (χ1n) is 10.7. The maximum Gasteiger partial charge on any atom is 0.407 e. The lowest BCUT2D eigenvalue weighted by Crippen LogP contribution is -2.47. The third-order valence-corrected chi connectivity index (χ3v) is 5.26. The summed E-state index contributed by atoms with van der Waals surface area (Å²) in [5, 5.41) is 2.51. The van der Waals surface area contributed by atoms with Crippen molar-refractivity contribution in [3.05, 3.63) is 41.2 Å². The zero-order valence-electron chi connectivity index (χ0n) is 18.4. The molecule has 1 saturated heterocycles. The van der Waals surface area contributed by atoms with Gasteiger partial charge in [-0.3, -0.25) is 4.79 Å². The molecule has 31 heavy (non-hydrogen) atoms. The molecule has 1 N–H and O–H groups in total. The van der Waals surface area contributed by atoms with Crippen LogP contribution in [0.2, 0.25) is 0 Å². The molecule has 1 aromatic rings. The molecule has 0 spiro atoms. The number of halogens is 1. The molecule has 7 nitrogen and oxygen atoms in total. The summed E-state index contributed by atoms with van der Waals surface area (Å²) in [5.74, 6) is 0.605. The molecule has 170 valence electrons. The third kappa shape index (κ3) is 6.43. The molecule has 0 aromatic heterocycles. The molecule has 2 aliphatic rings. The molecule has 0 bridgehead atoms. The molecule has 2 amide bonds. The van der Waals surface area contributed by atoms with Crippen LogP contribution in [0.25, 0.3) is 0 Å². The number of benzene rings is 1. The molecule has 8 heteroatoms. The Kier molecular flexibility index (Phi) is 7.54. The van der Waals surface area contributed by atoms with E-state index in [1.54, 1.807) is 32.9 Å². The standard InChI is InChI=1S/C23H31FN2O5/c1-23(2,3)31-22(28)25-14-16(13-24)15-30-19-4-5-20-17(12-19)6-9-26(21(20)27)18-7-10-29-11-8-18/h4-5,12-13,18H,6-11,14-15H2,1-3H3,(H,25,28)/b16-13-. The van der Waals surface area contributed by atoms with Crippen molar-refractivity contribution in [3.8, 4) is 5.75 Å². The summed E-state index contributed by atoms with van der Waals surface area (Å²) >= 11 is 0. The molecule has 0 aliphatic carbocycles. The van der Waals surface area contributed by atoms with Crippen molar-refractivity contribution in [2.45, 2.75) is 51.7 Å². The van der Waals surface area contributed by atoms with Crippen molar-refractivity contribution in [1.29, 1.82) is 0 Å². The number of carbonyl (C=O) groups is 2. The first kappa shape index (κ1) is 23.1. The van der Waals surface area contributed by atoms with Crippen molar-refractivity contribution < 1.29 is 28.2 Å². The van der Waals surface area contributed by atoms with Gasteiger partial charge in [-0.15, -0.1) is 0 Å². The van der Waals surface area contributed by atoms with Crippen LogP contribution >= 0.6 is 0 Å². The van der Waals surface area contributed by atoms with Gasteiger partial charge in [-0.2, -0.15) is 0 Å². The van der Waals surface area contributed by atoms with Gasteiger partial charge in [0, 0.05) is 43.5 Å². The largest absolute Gasteiger partial charge is 0.489 e. The monoisotopic (exact) mass is 434 g/mol. The fourth-order valence-corrected chi connectivity index (χ4v) is 3.71. The molecule has 0 radical (unpaired) electrons. The first-order valence-corrected chi connectivity index (χ1v) is 10.7. The molecule has 1 fully saturated rings. The minimum atomic E-state index is -0.624. The maximum atomic E-state index is 13.2. The Morgan fingerprint density at radius 1 is 1.32 bits per heavy atom. The summed E-state index contributed by atoms with van der Waals surface area (Å²) in [6.07, 6.45) is 2.30. The SMILES string of the molecule is CC(C)(C)OC(=O)NC/C(=C/F)COc1ccc2c(c1)CCN(C1CCOCC1)C2=O. The number of fused-ring (bicyclic) bond motifs is 1. The predicted octanol–water partition coefficient (Wildman–Crippen LogP) is 3.62. The van der Waals surface area contributed by atoms with E-state index in [0.29, 0.717) is 37.4 Å². The predicted molar refractivity (Wildman–Crippen MR) is 114 cm³/mol. The second kappa shape index (κ2) is 10.1. The minimum Gasteiger partial charge on any atom is -0.489 e. The lowest BCUT2D eigenvalue weighted by molar-refractivity contribution is 0.0276. The van der Waals surface area contributed by atoms with Crippen LogP contribution in [0.4, 0.5) is 9.18 Å². The Morgan fingerprint density at radius 3 is 2.74 bits per heavy atom. The lowest BCUT2D eigenvalue weighted by atomic mass is 9.95. The number of nitrogens with zero attached hydrogens (tertiary/aromatic N) is 1. The van der Waals surface area contributed by atoms with E-state index in [9.17, 15) is 14.0 Å². The average molecular weight is 435 g/mol. The van der Waals surface area contributed by atoms with Crippen molar-refractivity contribution >= 4 is 12.0 Å². The molecule has 0 unspecified atom stereocenters. The van der Waals surface area contributed by atoms with E-state index in [2.05, 4.69) is 5.32 Å². The highest BCUT2D eigenvalue weighted by Gasteiger charge is 2.31. The Labute approximate surface area is 182 Å². The zero-order chi connectivity index (χ0) is 22.4. The summed E-state index contributed by atoms with van der Waals surface area (Å²) in [5.41, 5.74) is 1.27. The van der Waals surface area contributed by atoms with Gasteiger partial charge < -0.3 is 24.4 Å². The molecule has 0 atom stereocenters. The highest BCUT2D eigenvalue weighted by molar-refractivity contribution is 5.97. The fraction of sp³-hybridized carbons (Fsp3) is 0.565. The molecule has 3 rings (SSSR count). The summed E-state index contributed by atoms with van der Waals surface area (Å²) in [6, 6.07) is 5.57. The molecular formula is C23H31FN2O5. The summed E-state index contributed by atoms with van der Waals surface area (Å²) in [6.45, 7) is 7.29. The molecule has 2 aliphatic heterocycles.